The second-order valence-electron chi connectivity index (χ2n) is 9.56. The highest BCUT2D eigenvalue weighted by atomic mass is 35.5. The van der Waals surface area contributed by atoms with Gasteiger partial charge in [0.2, 0.25) is 0 Å². The molecule has 5 rings (SSSR count). The Kier molecular flexibility index (Phi) is 8.76. The van der Waals surface area contributed by atoms with E-state index in [1.165, 1.54) is 24.4 Å². The summed E-state index contributed by atoms with van der Waals surface area (Å²) >= 11 is 11.6. The van der Waals surface area contributed by atoms with Crippen LogP contribution in [-0.4, -0.2) is 30.6 Å². The normalized spacial score (nSPS) is 16.7. The quantitative estimate of drug-likeness (QED) is 0.0904. The van der Waals surface area contributed by atoms with Crippen LogP contribution in [0.15, 0.2) is 77.0 Å². The Hall–Kier alpha value is -4.29. The molecule has 14 heteroatoms. The first kappa shape index (κ1) is 31.1. The summed E-state index contributed by atoms with van der Waals surface area (Å²) in [6.07, 6.45) is -4.59. The van der Waals surface area contributed by atoms with Gasteiger partial charge in [0, 0.05) is 23.1 Å². The van der Waals surface area contributed by atoms with Crippen molar-refractivity contribution in [3.63, 3.8) is 0 Å². The topological polar surface area (TPSA) is 72.3 Å². The summed E-state index contributed by atoms with van der Waals surface area (Å²) in [4.78, 5) is 22.9. The Morgan fingerprint density at radius 2 is 1.66 bits per heavy atom. The molecule has 0 saturated heterocycles. The number of halogens is 8. The fourth-order valence-corrected chi connectivity index (χ4v) is 5.17. The maximum Gasteiger partial charge on any atom is 0.435 e. The number of nitrogens with one attached hydrogen (secondary N) is 1. The van der Waals surface area contributed by atoms with E-state index < -0.39 is 63.8 Å². The molecule has 228 valence electrons. The zero-order chi connectivity index (χ0) is 31.6. The number of nitrogens with zero attached hydrogens (tertiary/aromatic N) is 2. The Bertz CT molecular complexity index is 1770. The predicted molar refractivity (Wildman–Crippen MR) is 152 cm³/mol. The highest BCUT2D eigenvalue weighted by molar-refractivity contribution is 6.35. The highest BCUT2D eigenvalue weighted by Crippen LogP contribution is 2.50. The lowest BCUT2D eigenvalue weighted by Gasteiger charge is -2.29. The van der Waals surface area contributed by atoms with Gasteiger partial charge in [0.25, 0.3) is 11.5 Å². The molecule has 1 aliphatic rings. The van der Waals surface area contributed by atoms with Crippen molar-refractivity contribution in [1.82, 2.24) is 5.32 Å². The first-order valence-electron chi connectivity index (χ1n) is 12.8. The van der Waals surface area contributed by atoms with Gasteiger partial charge >= 0.3 is 6.18 Å². The van der Waals surface area contributed by atoms with Crippen LogP contribution in [0.1, 0.15) is 33.5 Å². The van der Waals surface area contributed by atoms with Crippen molar-refractivity contribution in [2.24, 2.45) is 10.3 Å². The number of rotatable bonds is 8. The fourth-order valence-electron chi connectivity index (χ4n) is 4.68. The first-order chi connectivity index (χ1) is 20.9. The smallest absolute Gasteiger partial charge is 0.391 e. The molecule has 6 nitrogen and oxygen atoms in total. The van der Waals surface area contributed by atoms with Crippen LogP contribution in [0.3, 0.4) is 0 Å². The lowest BCUT2D eigenvalue weighted by Crippen LogP contribution is -2.42. The van der Waals surface area contributed by atoms with Gasteiger partial charge in [0.05, 0.1) is 34.1 Å². The maximum absolute atomic E-state index is 14.5. The van der Waals surface area contributed by atoms with E-state index in [4.69, 9.17) is 32.9 Å². The van der Waals surface area contributed by atoms with Crippen molar-refractivity contribution >= 4 is 51.8 Å². The van der Waals surface area contributed by atoms with E-state index in [9.17, 15) is 31.1 Å². The number of carbonyl (C=O) groups is 1. The molecule has 1 N–H and O–H groups in total. The summed E-state index contributed by atoms with van der Waals surface area (Å²) in [6.45, 7) is -0.564. The highest BCUT2D eigenvalue weighted by Gasteiger charge is 2.62. The summed E-state index contributed by atoms with van der Waals surface area (Å²) in [5, 5.41) is 9.55. The van der Waals surface area contributed by atoms with E-state index in [-0.39, 0.29) is 28.9 Å². The van der Waals surface area contributed by atoms with Crippen LogP contribution in [0.4, 0.5) is 26.3 Å². The Labute approximate surface area is 255 Å². The van der Waals surface area contributed by atoms with Gasteiger partial charge in [-0.1, -0.05) is 69.9 Å². The van der Waals surface area contributed by atoms with Gasteiger partial charge in [-0.05, 0) is 41.1 Å². The number of alkyl halides is 3. The molecule has 4 aromatic carbocycles. The van der Waals surface area contributed by atoms with Gasteiger partial charge in [-0.3, -0.25) is 4.79 Å². The molecule has 0 aliphatic carbocycles. The fraction of sp³-hybridized carbons (Fsp3) is 0.167. The third-order valence-electron chi connectivity index (χ3n) is 6.89. The lowest BCUT2D eigenvalue weighted by molar-refractivity contribution is -0.275. The van der Waals surface area contributed by atoms with Crippen LogP contribution in [-0.2, 0) is 21.9 Å². The third-order valence-corrected chi connectivity index (χ3v) is 7.44. The third kappa shape index (κ3) is 5.91. The first-order valence-corrected chi connectivity index (χ1v) is 13.5. The van der Waals surface area contributed by atoms with Gasteiger partial charge in [0.1, 0.15) is 18.2 Å². The SMILES string of the molecule is O=C(NCC=NOCc1c(F)cccc1F)c1ccc(C2=NOC(c3cc(Cl)c(F)c(Cl)c3)(C(F)(F)F)C2)c2ccccc12. The molecule has 1 unspecified atom stereocenters. The molecular formula is C30H19Cl2F6N3O3. The van der Waals surface area contributed by atoms with Gasteiger partial charge in [0.15, 0.2) is 5.82 Å². The summed E-state index contributed by atoms with van der Waals surface area (Å²) < 4.78 is 84.7. The van der Waals surface area contributed by atoms with E-state index in [0.717, 1.165) is 24.3 Å². The Morgan fingerprint density at radius 3 is 2.32 bits per heavy atom. The number of hydrogen-bond acceptors (Lipinski definition) is 5. The zero-order valence-electron chi connectivity index (χ0n) is 22.2. The van der Waals surface area contributed by atoms with Gasteiger partial charge < -0.3 is 15.0 Å². The van der Waals surface area contributed by atoms with Crippen molar-refractivity contribution < 1.29 is 40.8 Å². The van der Waals surface area contributed by atoms with Crippen LogP contribution >= 0.6 is 23.2 Å². The van der Waals surface area contributed by atoms with Gasteiger partial charge in [-0.2, -0.15) is 13.2 Å². The molecule has 0 radical (unpaired) electrons. The van der Waals surface area contributed by atoms with E-state index >= 15 is 0 Å². The van der Waals surface area contributed by atoms with Gasteiger partial charge in [-0.25, -0.2) is 13.2 Å². The average Bonchev–Trinajstić information content (AvgIpc) is 3.45. The lowest BCUT2D eigenvalue weighted by atomic mass is 9.85. The molecule has 1 amide bonds. The summed E-state index contributed by atoms with van der Waals surface area (Å²) in [6, 6.07) is 14.4. The largest absolute Gasteiger partial charge is 0.435 e. The zero-order valence-corrected chi connectivity index (χ0v) is 23.7. The Morgan fingerprint density at radius 1 is 1.00 bits per heavy atom. The summed E-state index contributed by atoms with van der Waals surface area (Å²) in [5.74, 6) is -3.17. The van der Waals surface area contributed by atoms with Gasteiger partial charge in [-0.15, -0.1) is 0 Å². The molecular weight excluding hydrogens is 635 g/mol. The van der Waals surface area contributed by atoms with Crippen molar-refractivity contribution in [3.8, 4) is 0 Å². The molecule has 0 fully saturated rings. The number of carbonyl (C=O) groups excluding carboxylic acids is 1. The van der Waals surface area contributed by atoms with Crippen molar-refractivity contribution in [2.45, 2.75) is 24.8 Å². The molecule has 4 aromatic rings. The second kappa shape index (κ2) is 12.4. The monoisotopic (exact) mass is 653 g/mol. The van der Waals surface area contributed by atoms with E-state index in [1.54, 1.807) is 24.3 Å². The van der Waals surface area contributed by atoms with E-state index in [2.05, 4.69) is 15.6 Å². The number of oxime groups is 2. The van der Waals surface area contributed by atoms with Crippen LogP contribution in [0.25, 0.3) is 10.8 Å². The van der Waals surface area contributed by atoms with E-state index in [1.807, 2.05) is 0 Å². The minimum atomic E-state index is -4.99. The molecule has 0 spiro atoms. The van der Waals surface area contributed by atoms with Crippen LogP contribution in [0.2, 0.25) is 10.0 Å². The van der Waals surface area contributed by atoms with Crippen molar-refractivity contribution in [1.29, 1.82) is 0 Å². The van der Waals surface area contributed by atoms with E-state index in [0.29, 0.717) is 10.8 Å². The minimum Gasteiger partial charge on any atom is -0.391 e. The molecule has 0 aromatic heterocycles. The number of hydrogen-bond donors (Lipinski definition) is 1. The number of benzene rings is 4. The second-order valence-corrected chi connectivity index (χ2v) is 10.4. The number of fused-ring (bicyclic) bond motifs is 1. The molecule has 1 aliphatic heterocycles. The summed E-state index contributed by atoms with van der Waals surface area (Å²) in [5.41, 5.74) is -3.40. The Balaban J connectivity index is 1.34. The van der Waals surface area contributed by atoms with Crippen LogP contribution < -0.4 is 5.32 Å². The van der Waals surface area contributed by atoms with Crippen molar-refractivity contribution in [2.75, 3.05) is 6.54 Å². The number of amides is 1. The maximum atomic E-state index is 14.5. The van der Waals surface area contributed by atoms with Crippen molar-refractivity contribution in [3.05, 3.63) is 116 Å². The molecule has 0 saturated carbocycles. The predicted octanol–water partition coefficient (Wildman–Crippen LogP) is 8.08. The standard InChI is InChI=1S/C30H19Cl2F6N3O3/c31-22-12-16(13-23(32)27(22)35)29(30(36,37)38)14-26(41-44-29)19-8-9-20(18-5-2-1-4-17(18)19)28(42)39-10-11-40-43-15-21-24(33)6-3-7-25(21)34/h1-9,11-13H,10,14-15H2,(H,39,42). The minimum absolute atomic E-state index is 0.0716. The van der Waals surface area contributed by atoms with Crippen LogP contribution in [0, 0.1) is 17.5 Å². The van der Waals surface area contributed by atoms with Crippen LogP contribution in [0.5, 0.6) is 0 Å². The molecule has 0 bridgehead atoms. The molecule has 1 atom stereocenters. The molecule has 1 heterocycles. The average molecular weight is 654 g/mol. The summed E-state index contributed by atoms with van der Waals surface area (Å²) in [7, 11) is 0. The molecule has 44 heavy (non-hydrogen) atoms.